The van der Waals surface area contributed by atoms with Crippen molar-refractivity contribution < 1.29 is 9.59 Å². The maximum atomic E-state index is 13.3. The molecule has 0 saturated carbocycles. The van der Waals surface area contributed by atoms with Gasteiger partial charge in [-0.25, -0.2) is 4.98 Å². The molecule has 1 saturated heterocycles. The van der Waals surface area contributed by atoms with E-state index >= 15 is 0 Å². The SMILES string of the molecule is CCc1ncc(C(=O)Nc2ccc(Cl)cc2C(=O)N2[C@H](C)CCC[C@H]2C)s1. The second kappa shape index (κ2) is 8.40. The molecule has 2 atom stereocenters. The maximum absolute atomic E-state index is 13.3. The number of hydrogen-bond acceptors (Lipinski definition) is 4. The Morgan fingerprint density at radius 2 is 2.00 bits per heavy atom. The number of thiazole rings is 1. The molecule has 1 fully saturated rings. The third kappa shape index (κ3) is 4.33. The zero-order valence-electron chi connectivity index (χ0n) is 15.8. The third-order valence-electron chi connectivity index (χ3n) is 4.97. The second-order valence-electron chi connectivity index (χ2n) is 6.96. The first-order valence-electron chi connectivity index (χ1n) is 9.29. The number of nitrogens with zero attached hydrogens (tertiary/aromatic N) is 2. The molecule has 1 aromatic carbocycles. The van der Waals surface area contributed by atoms with Crippen LogP contribution in [0, 0.1) is 0 Å². The number of nitrogens with one attached hydrogen (secondary N) is 1. The molecule has 3 rings (SSSR count). The molecular weight excluding hydrogens is 382 g/mol. The number of aromatic nitrogens is 1. The van der Waals surface area contributed by atoms with Crippen molar-refractivity contribution >= 4 is 40.4 Å². The van der Waals surface area contributed by atoms with Gasteiger partial charge in [-0.3, -0.25) is 9.59 Å². The van der Waals surface area contributed by atoms with Gasteiger partial charge in [-0.1, -0.05) is 18.5 Å². The van der Waals surface area contributed by atoms with Gasteiger partial charge in [-0.15, -0.1) is 11.3 Å². The fourth-order valence-electron chi connectivity index (χ4n) is 3.53. The largest absolute Gasteiger partial charge is 0.333 e. The van der Waals surface area contributed by atoms with E-state index in [0.29, 0.717) is 21.2 Å². The summed E-state index contributed by atoms with van der Waals surface area (Å²) < 4.78 is 0. The fraction of sp³-hybridized carbons (Fsp3) is 0.450. The lowest BCUT2D eigenvalue weighted by atomic mass is 9.96. The Kier molecular flexibility index (Phi) is 6.17. The van der Waals surface area contributed by atoms with Crippen LogP contribution in [0.4, 0.5) is 5.69 Å². The maximum Gasteiger partial charge on any atom is 0.267 e. The van der Waals surface area contributed by atoms with Gasteiger partial charge in [0.1, 0.15) is 4.88 Å². The smallest absolute Gasteiger partial charge is 0.267 e. The molecule has 0 aliphatic carbocycles. The molecular formula is C20H24ClN3O2S. The molecule has 27 heavy (non-hydrogen) atoms. The normalized spacial score (nSPS) is 19.8. The minimum Gasteiger partial charge on any atom is -0.333 e. The highest BCUT2D eigenvalue weighted by molar-refractivity contribution is 7.13. The van der Waals surface area contributed by atoms with Gasteiger partial charge in [-0.05, 0) is 57.7 Å². The number of likely N-dealkylation sites (tertiary alicyclic amines) is 1. The first kappa shape index (κ1) is 19.8. The molecule has 0 bridgehead atoms. The molecule has 1 aliphatic heterocycles. The summed E-state index contributed by atoms with van der Waals surface area (Å²) in [6.07, 6.45) is 5.45. The van der Waals surface area contributed by atoms with Crippen molar-refractivity contribution in [3.8, 4) is 0 Å². The van der Waals surface area contributed by atoms with Gasteiger partial charge in [0, 0.05) is 17.1 Å². The van der Waals surface area contributed by atoms with Crippen molar-refractivity contribution in [3.63, 3.8) is 0 Å². The number of halogens is 1. The summed E-state index contributed by atoms with van der Waals surface area (Å²) in [6.45, 7) is 6.14. The van der Waals surface area contributed by atoms with E-state index in [4.69, 9.17) is 11.6 Å². The van der Waals surface area contributed by atoms with Gasteiger partial charge in [0.05, 0.1) is 22.5 Å². The number of carbonyl (C=O) groups is 2. The highest BCUT2D eigenvalue weighted by atomic mass is 35.5. The van der Waals surface area contributed by atoms with E-state index in [1.165, 1.54) is 11.3 Å². The summed E-state index contributed by atoms with van der Waals surface area (Å²) in [5, 5.41) is 4.24. The number of rotatable bonds is 4. The zero-order valence-corrected chi connectivity index (χ0v) is 17.4. The van der Waals surface area contributed by atoms with E-state index in [-0.39, 0.29) is 23.9 Å². The monoisotopic (exact) mass is 405 g/mol. The van der Waals surface area contributed by atoms with Crippen LogP contribution in [-0.4, -0.2) is 33.8 Å². The van der Waals surface area contributed by atoms with E-state index in [2.05, 4.69) is 24.1 Å². The molecule has 0 spiro atoms. The van der Waals surface area contributed by atoms with Crippen molar-refractivity contribution in [2.24, 2.45) is 0 Å². The highest BCUT2D eigenvalue weighted by Crippen LogP contribution is 2.29. The van der Waals surface area contributed by atoms with Gasteiger partial charge in [0.25, 0.3) is 11.8 Å². The van der Waals surface area contributed by atoms with Crippen molar-refractivity contribution in [2.75, 3.05) is 5.32 Å². The van der Waals surface area contributed by atoms with E-state index in [1.807, 2.05) is 11.8 Å². The number of carbonyl (C=O) groups excluding carboxylic acids is 2. The lowest BCUT2D eigenvalue weighted by molar-refractivity contribution is 0.0512. The Morgan fingerprint density at radius 3 is 2.63 bits per heavy atom. The minimum atomic E-state index is -0.261. The quantitative estimate of drug-likeness (QED) is 0.777. The van der Waals surface area contributed by atoms with Gasteiger partial charge in [-0.2, -0.15) is 0 Å². The van der Waals surface area contributed by atoms with E-state index in [0.717, 1.165) is 30.7 Å². The molecule has 2 aromatic rings. The Balaban J connectivity index is 1.88. The van der Waals surface area contributed by atoms with Crippen LogP contribution < -0.4 is 5.32 Å². The Labute approximate surface area is 168 Å². The number of benzene rings is 1. The lowest BCUT2D eigenvalue weighted by Gasteiger charge is -2.39. The highest BCUT2D eigenvalue weighted by Gasteiger charge is 2.31. The molecule has 1 aromatic heterocycles. The number of aryl methyl sites for hydroxylation is 1. The first-order valence-corrected chi connectivity index (χ1v) is 10.5. The van der Waals surface area contributed by atoms with Crippen LogP contribution in [0.5, 0.6) is 0 Å². The Hall–Kier alpha value is -1.92. The van der Waals surface area contributed by atoms with Gasteiger partial charge in [0.15, 0.2) is 0 Å². The summed E-state index contributed by atoms with van der Waals surface area (Å²) in [4.78, 5) is 32.5. The number of piperidine rings is 1. The van der Waals surface area contributed by atoms with Crippen molar-refractivity contribution in [1.82, 2.24) is 9.88 Å². The predicted molar refractivity (Wildman–Crippen MR) is 110 cm³/mol. The van der Waals surface area contributed by atoms with Crippen molar-refractivity contribution in [3.05, 3.63) is 44.9 Å². The van der Waals surface area contributed by atoms with Crippen molar-refractivity contribution in [1.29, 1.82) is 0 Å². The predicted octanol–water partition coefficient (Wildman–Crippen LogP) is 5.01. The van der Waals surface area contributed by atoms with Crippen LogP contribution in [0.3, 0.4) is 0 Å². The summed E-state index contributed by atoms with van der Waals surface area (Å²) in [6, 6.07) is 5.34. The standard InChI is InChI=1S/C20H24ClN3O2S/c1-4-18-22-11-17(27-18)19(25)23-16-9-8-14(21)10-15(16)20(26)24-12(2)6-5-7-13(24)3/h8-13H,4-7H2,1-3H3,(H,23,25)/t12-,13-/m1/s1. The number of anilines is 1. The summed E-state index contributed by atoms with van der Waals surface area (Å²) in [5.41, 5.74) is 0.905. The minimum absolute atomic E-state index is 0.0916. The molecule has 5 nitrogen and oxygen atoms in total. The average molecular weight is 406 g/mol. The summed E-state index contributed by atoms with van der Waals surface area (Å²) >= 11 is 7.52. The molecule has 2 heterocycles. The Morgan fingerprint density at radius 1 is 1.30 bits per heavy atom. The van der Waals surface area contributed by atoms with Crippen LogP contribution in [0.1, 0.15) is 65.1 Å². The molecule has 1 aliphatic rings. The molecule has 0 unspecified atom stereocenters. The molecule has 1 N–H and O–H groups in total. The van der Waals surface area contributed by atoms with E-state index in [9.17, 15) is 9.59 Å². The van der Waals surface area contributed by atoms with Gasteiger partial charge >= 0.3 is 0 Å². The second-order valence-corrected chi connectivity index (χ2v) is 8.51. The van der Waals surface area contributed by atoms with E-state index < -0.39 is 0 Å². The van der Waals surface area contributed by atoms with Crippen LogP contribution in [0.25, 0.3) is 0 Å². The molecule has 144 valence electrons. The third-order valence-corrected chi connectivity index (χ3v) is 6.34. The Bertz CT molecular complexity index is 842. The van der Waals surface area contributed by atoms with E-state index in [1.54, 1.807) is 24.4 Å². The summed E-state index contributed by atoms with van der Waals surface area (Å²) in [7, 11) is 0. The van der Waals surface area contributed by atoms with Crippen LogP contribution >= 0.6 is 22.9 Å². The molecule has 0 radical (unpaired) electrons. The summed E-state index contributed by atoms with van der Waals surface area (Å²) in [5.74, 6) is -0.352. The average Bonchev–Trinajstić information content (AvgIpc) is 3.12. The fourth-order valence-corrected chi connectivity index (χ4v) is 4.45. The zero-order chi connectivity index (χ0) is 19.6. The number of amides is 2. The van der Waals surface area contributed by atoms with Crippen molar-refractivity contribution in [2.45, 2.75) is 58.5 Å². The number of hydrogen-bond donors (Lipinski definition) is 1. The van der Waals surface area contributed by atoms with Crippen LogP contribution in [0.2, 0.25) is 5.02 Å². The lowest BCUT2D eigenvalue weighted by Crippen LogP contribution is -2.47. The topological polar surface area (TPSA) is 62.3 Å². The van der Waals surface area contributed by atoms with Crippen LogP contribution in [-0.2, 0) is 6.42 Å². The molecule has 2 amide bonds. The van der Waals surface area contributed by atoms with Crippen LogP contribution in [0.15, 0.2) is 24.4 Å². The molecule has 7 heteroatoms. The first-order chi connectivity index (χ1) is 12.9. The van der Waals surface area contributed by atoms with Gasteiger partial charge in [0.2, 0.25) is 0 Å². The van der Waals surface area contributed by atoms with Gasteiger partial charge < -0.3 is 10.2 Å².